The predicted octanol–water partition coefficient (Wildman–Crippen LogP) is 4.44. The van der Waals surface area contributed by atoms with Gasteiger partial charge in [0.05, 0.1) is 0 Å². The average molecular weight is 211 g/mol. The van der Waals surface area contributed by atoms with E-state index in [2.05, 4.69) is 13.8 Å². The Hall–Kier alpha value is 0.580. The highest BCUT2D eigenvalue weighted by molar-refractivity contribution is 6.21. The average Bonchev–Trinajstić information content (AvgIpc) is 2.13. The second-order valence-electron chi connectivity index (χ2n) is 3.62. The number of rotatable bonds is 7. The van der Waals surface area contributed by atoms with Crippen LogP contribution < -0.4 is 0 Å². The van der Waals surface area contributed by atoms with Crippen molar-refractivity contribution in [3.8, 4) is 0 Å². The van der Waals surface area contributed by atoms with Gasteiger partial charge in [-0.2, -0.15) is 0 Å². The van der Waals surface area contributed by atoms with Crippen molar-refractivity contribution in [2.24, 2.45) is 5.41 Å². The summed E-state index contributed by atoms with van der Waals surface area (Å²) >= 11 is 11.9. The van der Waals surface area contributed by atoms with E-state index in [9.17, 15) is 0 Å². The molecule has 0 N–H and O–H groups in total. The van der Waals surface area contributed by atoms with Crippen LogP contribution in [0.1, 0.15) is 46.0 Å². The summed E-state index contributed by atoms with van der Waals surface area (Å²) in [7, 11) is 0. The second kappa shape index (κ2) is 7.03. The number of hydrogen-bond donors (Lipinski definition) is 0. The molecule has 0 radical (unpaired) electrons. The monoisotopic (exact) mass is 210 g/mol. The van der Waals surface area contributed by atoms with Gasteiger partial charge in [0, 0.05) is 11.8 Å². The third kappa shape index (κ3) is 4.00. The van der Waals surface area contributed by atoms with Gasteiger partial charge in [-0.3, -0.25) is 0 Å². The Morgan fingerprint density at radius 2 is 1.50 bits per heavy atom. The van der Waals surface area contributed by atoms with Crippen molar-refractivity contribution in [3.05, 3.63) is 0 Å². The summed E-state index contributed by atoms with van der Waals surface area (Å²) in [6.07, 6.45) is 6.02. The van der Waals surface area contributed by atoms with Crippen molar-refractivity contribution in [3.63, 3.8) is 0 Å². The molecule has 0 aromatic rings. The van der Waals surface area contributed by atoms with Crippen LogP contribution in [0.2, 0.25) is 0 Å². The molecule has 0 aromatic heterocycles. The Morgan fingerprint density at radius 3 is 1.83 bits per heavy atom. The van der Waals surface area contributed by atoms with Crippen LogP contribution >= 0.6 is 23.2 Å². The van der Waals surface area contributed by atoms with Crippen molar-refractivity contribution >= 4 is 23.2 Å². The van der Waals surface area contributed by atoms with Crippen LogP contribution in [0.3, 0.4) is 0 Å². The molecule has 0 nitrogen and oxygen atoms in total. The van der Waals surface area contributed by atoms with Crippen molar-refractivity contribution < 1.29 is 0 Å². The van der Waals surface area contributed by atoms with Gasteiger partial charge in [-0.05, 0) is 18.3 Å². The molecule has 74 valence electrons. The van der Waals surface area contributed by atoms with Gasteiger partial charge in [0.2, 0.25) is 0 Å². The third-order valence-electron chi connectivity index (χ3n) is 2.41. The highest BCUT2D eigenvalue weighted by Gasteiger charge is 2.26. The molecular formula is C10H20Cl2. The molecule has 0 atom stereocenters. The quantitative estimate of drug-likeness (QED) is 0.546. The lowest BCUT2D eigenvalue weighted by atomic mass is 9.82. The molecule has 0 fully saturated rings. The molecule has 0 aliphatic heterocycles. The fourth-order valence-corrected chi connectivity index (χ4v) is 2.33. The zero-order valence-electron chi connectivity index (χ0n) is 8.21. The Morgan fingerprint density at radius 1 is 0.917 bits per heavy atom. The first kappa shape index (κ1) is 12.6. The third-order valence-corrected chi connectivity index (χ3v) is 3.54. The molecule has 0 aliphatic carbocycles. The lowest BCUT2D eigenvalue weighted by Crippen LogP contribution is -2.24. The highest BCUT2D eigenvalue weighted by atomic mass is 35.5. The van der Waals surface area contributed by atoms with Crippen LogP contribution in [-0.4, -0.2) is 11.8 Å². The van der Waals surface area contributed by atoms with E-state index in [1.165, 1.54) is 32.1 Å². The lowest BCUT2D eigenvalue weighted by molar-refractivity contribution is 0.306. The first-order valence-corrected chi connectivity index (χ1v) is 5.93. The summed E-state index contributed by atoms with van der Waals surface area (Å²) in [4.78, 5) is 0. The summed E-state index contributed by atoms with van der Waals surface area (Å²) in [6.45, 7) is 4.40. The SMILES string of the molecule is CCCCC(CCl)(CCl)CCC. The zero-order chi connectivity index (χ0) is 9.45. The fourth-order valence-electron chi connectivity index (χ4n) is 1.51. The standard InChI is InChI=1S/C10H20Cl2/c1-3-5-7-10(8-11,9-12)6-4-2/h3-9H2,1-2H3. The van der Waals surface area contributed by atoms with E-state index >= 15 is 0 Å². The maximum absolute atomic E-state index is 5.95. The van der Waals surface area contributed by atoms with Crippen LogP contribution in [0, 0.1) is 5.41 Å². The topological polar surface area (TPSA) is 0 Å². The predicted molar refractivity (Wildman–Crippen MR) is 58.3 cm³/mol. The summed E-state index contributed by atoms with van der Waals surface area (Å²) < 4.78 is 0. The van der Waals surface area contributed by atoms with E-state index in [4.69, 9.17) is 23.2 Å². The minimum atomic E-state index is 0.216. The maximum Gasteiger partial charge on any atom is 0.0291 e. The Kier molecular flexibility index (Phi) is 7.37. The minimum Gasteiger partial charge on any atom is -0.126 e. The Balaban J connectivity index is 3.95. The molecule has 0 aliphatic rings. The van der Waals surface area contributed by atoms with Gasteiger partial charge >= 0.3 is 0 Å². The Bertz CT molecular complexity index is 98.0. The van der Waals surface area contributed by atoms with Crippen LogP contribution in [0.4, 0.5) is 0 Å². The molecule has 0 unspecified atom stereocenters. The summed E-state index contributed by atoms with van der Waals surface area (Å²) in [5.41, 5.74) is 0.216. The molecule has 0 saturated heterocycles. The van der Waals surface area contributed by atoms with Crippen LogP contribution in [0.25, 0.3) is 0 Å². The number of alkyl halides is 2. The van der Waals surface area contributed by atoms with Crippen LogP contribution in [0.15, 0.2) is 0 Å². The van der Waals surface area contributed by atoms with Gasteiger partial charge in [0.25, 0.3) is 0 Å². The van der Waals surface area contributed by atoms with Crippen molar-refractivity contribution in [1.29, 1.82) is 0 Å². The molecule has 0 bridgehead atoms. The first-order chi connectivity index (χ1) is 5.74. The smallest absolute Gasteiger partial charge is 0.0291 e. The molecule has 2 heteroatoms. The number of unbranched alkanes of at least 4 members (excludes halogenated alkanes) is 1. The summed E-state index contributed by atoms with van der Waals surface area (Å²) in [5.74, 6) is 1.43. The molecule has 0 rings (SSSR count). The van der Waals surface area contributed by atoms with Crippen LogP contribution in [0.5, 0.6) is 0 Å². The van der Waals surface area contributed by atoms with E-state index in [1.807, 2.05) is 0 Å². The lowest BCUT2D eigenvalue weighted by Gasteiger charge is -2.29. The van der Waals surface area contributed by atoms with Gasteiger partial charge < -0.3 is 0 Å². The van der Waals surface area contributed by atoms with E-state index in [0.717, 1.165) is 0 Å². The van der Waals surface area contributed by atoms with Gasteiger partial charge in [-0.15, -0.1) is 23.2 Å². The number of hydrogen-bond acceptors (Lipinski definition) is 0. The first-order valence-electron chi connectivity index (χ1n) is 4.86. The molecule has 0 spiro atoms. The van der Waals surface area contributed by atoms with E-state index < -0.39 is 0 Å². The normalized spacial score (nSPS) is 12.0. The summed E-state index contributed by atoms with van der Waals surface area (Å²) in [6, 6.07) is 0. The van der Waals surface area contributed by atoms with Crippen LogP contribution in [-0.2, 0) is 0 Å². The van der Waals surface area contributed by atoms with Gasteiger partial charge in [0.15, 0.2) is 0 Å². The van der Waals surface area contributed by atoms with Gasteiger partial charge in [-0.1, -0.05) is 33.1 Å². The molecule has 0 heterocycles. The maximum atomic E-state index is 5.95. The van der Waals surface area contributed by atoms with Gasteiger partial charge in [-0.25, -0.2) is 0 Å². The van der Waals surface area contributed by atoms with Gasteiger partial charge in [0.1, 0.15) is 0 Å². The van der Waals surface area contributed by atoms with E-state index in [1.54, 1.807) is 0 Å². The van der Waals surface area contributed by atoms with Crippen molar-refractivity contribution in [2.75, 3.05) is 11.8 Å². The Labute approximate surface area is 86.6 Å². The van der Waals surface area contributed by atoms with E-state index in [-0.39, 0.29) is 5.41 Å². The molecule has 0 saturated carbocycles. The van der Waals surface area contributed by atoms with Crippen molar-refractivity contribution in [2.45, 2.75) is 46.0 Å². The molecular weight excluding hydrogens is 191 g/mol. The van der Waals surface area contributed by atoms with Crippen molar-refractivity contribution in [1.82, 2.24) is 0 Å². The minimum absolute atomic E-state index is 0.216. The second-order valence-corrected chi connectivity index (χ2v) is 4.16. The number of halogens is 2. The fraction of sp³-hybridized carbons (Fsp3) is 1.00. The zero-order valence-corrected chi connectivity index (χ0v) is 9.72. The highest BCUT2D eigenvalue weighted by Crippen LogP contribution is 2.33. The molecule has 12 heavy (non-hydrogen) atoms. The largest absolute Gasteiger partial charge is 0.126 e. The van der Waals surface area contributed by atoms with E-state index in [0.29, 0.717) is 11.8 Å². The molecule has 0 amide bonds. The molecule has 0 aromatic carbocycles. The summed E-state index contributed by atoms with van der Waals surface area (Å²) in [5, 5.41) is 0.